The van der Waals surface area contributed by atoms with Crippen LogP contribution >= 0.6 is 0 Å². The Kier molecular flexibility index (Phi) is 4.72. The Morgan fingerprint density at radius 3 is 2.71 bits per heavy atom. The summed E-state index contributed by atoms with van der Waals surface area (Å²) in [4.78, 5) is 16.4. The van der Waals surface area contributed by atoms with Crippen LogP contribution in [0.2, 0.25) is 0 Å². The van der Waals surface area contributed by atoms with Crippen molar-refractivity contribution in [3.05, 3.63) is 30.3 Å². The number of hydrogen-bond acceptors (Lipinski definition) is 4. The van der Waals surface area contributed by atoms with E-state index in [1.165, 1.54) is 0 Å². The zero-order chi connectivity index (χ0) is 14.5. The van der Waals surface area contributed by atoms with Crippen molar-refractivity contribution in [1.29, 1.82) is 0 Å². The molecule has 0 N–H and O–H groups in total. The summed E-state index contributed by atoms with van der Waals surface area (Å²) < 4.78 is 11.2. The SMILES string of the molecule is O=C(CN1CCOCC1)N1CCC(Oc2ccccc2)C1. The number of rotatable bonds is 4. The average Bonchev–Trinajstić information content (AvgIpc) is 2.98. The highest BCUT2D eigenvalue weighted by Crippen LogP contribution is 2.18. The van der Waals surface area contributed by atoms with E-state index in [0.717, 1.165) is 45.0 Å². The molecule has 21 heavy (non-hydrogen) atoms. The lowest BCUT2D eigenvalue weighted by atomic mass is 10.3. The Labute approximate surface area is 125 Å². The summed E-state index contributed by atoms with van der Waals surface area (Å²) in [5.74, 6) is 1.08. The third kappa shape index (κ3) is 3.95. The second kappa shape index (κ2) is 6.91. The third-order valence-corrected chi connectivity index (χ3v) is 4.01. The van der Waals surface area contributed by atoms with Gasteiger partial charge in [-0.1, -0.05) is 18.2 Å². The average molecular weight is 290 g/mol. The minimum absolute atomic E-state index is 0.112. The number of ether oxygens (including phenoxy) is 2. The summed E-state index contributed by atoms with van der Waals surface area (Å²) in [6.45, 7) is 5.15. The minimum atomic E-state index is 0.112. The molecule has 114 valence electrons. The number of amides is 1. The first kappa shape index (κ1) is 14.4. The molecule has 0 bridgehead atoms. The number of morpholine rings is 1. The van der Waals surface area contributed by atoms with Gasteiger partial charge >= 0.3 is 0 Å². The number of hydrogen-bond donors (Lipinski definition) is 0. The Bertz CT molecular complexity index is 460. The van der Waals surface area contributed by atoms with Gasteiger partial charge in [-0.3, -0.25) is 9.69 Å². The minimum Gasteiger partial charge on any atom is -0.489 e. The van der Waals surface area contributed by atoms with Crippen molar-refractivity contribution in [1.82, 2.24) is 9.80 Å². The molecule has 5 heteroatoms. The Morgan fingerprint density at radius 2 is 1.95 bits per heavy atom. The standard InChI is InChI=1S/C16H22N2O3/c19-16(13-17-8-10-20-11-9-17)18-7-6-15(12-18)21-14-4-2-1-3-5-14/h1-5,15H,6-13H2. The number of para-hydroxylation sites is 1. The normalized spacial score (nSPS) is 23.2. The van der Waals surface area contributed by atoms with Crippen LogP contribution in [0, 0.1) is 0 Å². The van der Waals surface area contributed by atoms with E-state index in [1.54, 1.807) is 0 Å². The molecule has 2 aliphatic heterocycles. The van der Waals surface area contributed by atoms with Gasteiger partial charge in [-0.25, -0.2) is 0 Å². The third-order valence-electron chi connectivity index (χ3n) is 4.01. The molecule has 1 atom stereocenters. The van der Waals surface area contributed by atoms with Gasteiger partial charge in [-0.15, -0.1) is 0 Å². The van der Waals surface area contributed by atoms with E-state index in [9.17, 15) is 4.79 Å². The predicted octanol–water partition coefficient (Wildman–Crippen LogP) is 0.998. The summed E-state index contributed by atoms with van der Waals surface area (Å²) in [5.41, 5.74) is 0. The van der Waals surface area contributed by atoms with Gasteiger partial charge in [0.15, 0.2) is 0 Å². The van der Waals surface area contributed by atoms with Crippen LogP contribution in [0.15, 0.2) is 30.3 Å². The molecule has 1 unspecified atom stereocenters. The highest BCUT2D eigenvalue weighted by Gasteiger charge is 2.28. The second-order valence-electron chi connectivity index (χ2n) is 5.57. The van der Waals surface area contributed by atoms with Crippen LogP contribution < -0.4 is 4.74 Å². The molecule has 0 radical (unpaired) electrons. The summed E-state index contributed by atoms with van der Waals surface area (Å²) in [6.07, 6.45) is 1.02. The van der Waals surface area contributed by atoms with Gasteiger partial charge < -0.3 is 14.4 Å². The fraction of sp³-hybridized carbons (Fsp3) is 0.562. The van der Waals surface area contributed by atoms with Gasteiger partial charge in [0.25, 0.3) is 0 Å². The van der Waals surface area contributed by atoms with Crippen molar-refractivity contribution in [3.8, 4) is 5.75 Å². The smallest absolute Gasteiger partial charge is 0.236 e. The molecular formula is C16H22N2O3. The maximum absolute atomic E-state index is 12.3. The molecule has 5 nitrogen and oxygen atoms in total. The maximum atomic E-state index is 12.3. The molecule has 0 spiro atoms. The van der Waals surface area contributed by atoms with Crippen LogP contribution in [0.5, 0.6) is 5.75 Å². The van der Waals surface area contributed by atoms with E-state index < -0.39 is 0 Å². The molecule has 0 aromatic heterocycles. The van der Waals surface area contributed by atoms with E-state index in [2.05, 4.69) is 4.90 Å². The molecule has 2 saturated heterocycles. The van der Waals surface area contributed by atoms with Gasteiger partial charge in [-0.2, -0.15) is 0 Å². The Balaban J connectivity index is 1.46. The van der Waals surface area contributed by atoms with Crippen molar-refractivity contribution >= 4 is 5.91 Å². The fourth-order valence-corrected chi connectivity index (χ4v) is 2.79. The number of benzene rings is 1. The summed E-state index contributed by atoms with van der Waals surface area (Å²) in [6, 6.07) is 9.81. The summed E-state index contributed by atoms with van der Waals surface area (Å²) in [5, 5.41) is 0. The van der Waals surface area contributed by atoms with E-state index in [4.69, 9.17) is 9.47 Å². The second-order valence-corrected chi connectivity index (χ2v) is 5.57. The van der Waals surface area contributed by atoms with Gasteiger partial charge in [0.05, 0.1) is 26.3 Å². The Hall–Kier alpha value is -1.59. The topological polar surface area (TPSA) is 42.0 Å². The Morgan fingerprint density at radius 1 is 1.19 bits per heavy atom. The van der Waals surface area contributed by atoms with Crippen molar-refractivity contribution < 1.29 is 14.3 Å². The lowest BCUT2D eigenvalue weighted by Gasteiger charge is -2.28. The van der Waals surface area contributed by atoms with Gasteiger partial charge in [0.1, 0.15) is 11.9 Å². The maximum Gasteiger partial charge on any atom is 0.236 e. The zero-order valence-corrected chi connectivity index (χ0v) is 12.2. The van der Waals surface area contributed by atoms with Crippen LogP contribution in [0.3, 0.4) is 0 Å². The molecule has 1 amide bonds. The number of carbonyl (C=O) groups excluding carboxylic acids is 1. The van der Waals surface area contributed by atoms with Crippen molar-refractivity contribution in [2.75, 3.05) is 45.9 Å². The molecule has 3 rings (SSSR count). The van der Waals surface area contributed by atoms with E-state index >= 15 is 0 Å². The van der Waals surface area contributed by atoms with Crippen LogP contribution in [0.1, 0.15) is 6.42 Å². The fourth-order valence-electron chi connectivity index (χ4n) is 2.79. The molecular weight excluding hydrogens is 268 g/mol. The number of likely N-dealkylation sites (tertiary alicyclic amines) is 1. The predicted molar refractivity (Wildman–Crippen MR) is 79.3 cm³/mol. The summed E-state index contributed by atoms with van der Waals surface area (Å²) in [7, 11) is 0. The monoisotopic (exact) mass is 290 g/mol. The van der Waals surface area contributed by atoms with Crippen LogP contribution in [0.25, 0.3) is 0 Å². The highest BCUT2D eigenvalue weighted by atomic mass is 16.5. The molecule has 2 heterocycles. The molecule has 2 aliphatic rings. The van der Waals surface area contributed by atoms with Crippen LogP contribution in [-0.2, 0) is 9.53 Å². The van der Waals surface area contributed by atoms with Crippen molar-refractivity contribution in [3.63, 3.8) is 0 Å². The van der Waals surface area contributed by atoms with E-state index in [-0.39, 0.29) is 12.0 Å². The quantitative estimate of drug-likeness (QED) is 0.829. The lowest BCUT2D eigenvalue weighted by molar-refractivity contribution is -0.132. The van der Waals surface area contributed by atoms with Crippen LogP contribution in [0.4, 0.5) is 0 Å². The first-order valence-electron chi connectivity index (χ1n) is 7.61. The van der Waals surface area contributed by atoms with E-state index in [0.29, 0.717) is 13.1 Å². The molecule has 1 aromatic rings. The largest absolute Gasteiger partial charge is 0.489 e. The molecule has 0 saturated carbocycles. The molecule has 0 aliphatic carbocycles. The molecule has 1 aromatic carbocycles. The van der Waals surface area contributed by atoms with Gasteiger partial charge in [-0.05, 0) is 12.1 Å². The first-order valence-corrected chi connectivity index (χ1v) is 7.61. The summed E-state index contributed by atoms with van der Waals surface area (Å²) >= 11 is 0. The van der Waals surface area contributed by atoms with Gasteiger partial charge in [0, 0.05) is 26.1 Å². The van der Waals surface area contributed by atoms with Crippen LogP contribution in [-0.4, -0.2) is 67.7 Å². The zero-order valence-electron chi connectivity index (χ0n) is 12.2. The highest BCUT2D eigenvalue weighted by molar-refractivity contribution is 5.78. The lowest BCUT2D eigenvalue weighted by Crippen LogP contribution is -2.44. The van der Waals surface area contributed by atoms with Crippen molar-refractivity contribution in [2.24, 2.45) is 0 Å². The number of nitrogens with zero attached hydrogens (tertiary/aromatic N) is 2. The van der Waals surface area contributed by atoms with E-state index in [1.807, 2.05) is 35.2 Å². The first-order chi connectivity index (χ1) is 10.3. The molecule has 2 fully saturated rings. The van der Waals surface area contributed by atoms with Gasteiger partial charge in [0.2, 0.25) is 5.91 Å². The van der Waals surface area contributed by atoms with Crippen molar-refractivity contribution in [2.45, 2.75) is 12.5 Å². The number of carbonyl (C=O) groups is 1.